The van der Waals surface area contributed by atoms with Gasteiger partial charge >= 0.3 is 0 Å². The average Bonchev–Trinajstić information content (AvgIpc) is 3.32. The molecule has 0 saturated carbocycles. The van der Waals surface area contributed by atoms with Crippen LogP contribution in [0.2, 0.25) is 0 Å². The molecule has 2 bridgehead atoms. The average molecular weight is 360 g/mol. The van der Waals surface area contributed by atoms with Crippen LogP contribution in [-0.2, 0) is 14.3 Å². The summed E-state index contributed by atoms with van der Waals surface area (Å²) in [6.45, 7) is 0.335. The third kappa shape index (κ3) is 2.28. The van der Waals surface area contributed by atoms with Gasteiger partial charge in [-0.05, 0) is 11.1 Å². The van der Waals surface area contributed by atoms with E-state index in [1.54, 1.807) is 11.0 Å². The number of carbonyl (C=O) groups is 2. The van der Waals surface area contributed by atoms with Crippen LogP contribution < -0.4 is 5.11 Å². The summed E-state index contributed by atoms with van der Waals surface area (Å²) in [4.78, 5) is 26.9. The lowest BCUT2D eigenvalue weighted by molar-refractivity contribution is -0.313. The van der Waals surface area contributed by atoms with Gasteiger partial charge in [-0.25, -0.2) is 0 Å². The van der Waals surface area contributed by atoms with Crippen molar-refractivity contribution in [3.63, 3.8) is 0 Å². The minimum absolute atomic E-state index is 0.186. The van der Waals surface area contributed by atoms with Gasteiger partial charge in [0.05, 0.1) is 24.6 Å². The van der Waals surface area contributed by atoms with Crippen LogP contribution >= 0.6 is 0 Å². The quantitative estimate of drug-likeness (QED) is 0.771. The molecule has 0 N–H and O–H groups in total. The molecule has 1 amide bonds. The summed E-state index contributed by atoms with van der Waals surface area (Å²) in [5, 5.41) is 11.7. The molecule has 2 saturated heterocycles. The molecule has 0 radical (unpaired) electrons. The molecule has 1 spiro atoms. The van der Waals surface area contributed by atoms with E-state index in [1.807, 2.05) is 66.7 Å². The third-order valence-electron chi connectivity index (χ3n) is 5.94. The van der Waals surface area contributed by atoms with Gasteiger partial charge in [0.25, 0.3) is 0 Å². The van der Waals surface area contributed by atoms with E-state index in [2.05, 4.69) is 0 Å². The van der Waals surface area contributed by atoms with E-state index < -0.39 is 29.5 Å². The van der Waals surface area contributed by atoms with Crippen molar-refractivity contribution in [2.24, 2.45) is 11.8 Å². The lowest BCUT2D eigenvalue weighted by atomic mass is 9.77. The van der Waals surface area contributed by atoms with E-state index in [1.165, 1.54) is 0 Å². The van der Waals surface area contributed by atoms with Crippen molar-refractivity contribution in [1.82, 2.24) is 4.90 Å². The monoisotopic (exact) mass is 360 g/mol. The van der Waals surface area contributed by atoms with Crippen LogP contribution in [0.15, 0.2) is 72.8 Å². The highest BCUT2D eigenvalue weighted by Gasteiger charge is 2.66. The van der Waals surface area contributed by atoms with Crippen LogP contribution in [0, 0.1) is 11.8 Å². The molecular weight excluding hydrogens is 342 g/mol. The predicted molar refractivity (Wildman–Crippen MR) is 95.2 cm³/mol. The number of nitrogens with zero attached hydrogens (tertiary/aromatic N) is 1. The zero-order chi connectivity index (χ0) is 18.6. The maximum atomic E-state index is 13.4. The molecule has 5 rings (SSSR count). The van der Waals surface area contributed by atoms with Crippen LogP contribution in [0.25, 0.3) is 0 Å². The fourth-order valence-corrected chi connectivity index (χ4v) is 4.84. The van der Waals surface area contributed by atoms with Gasteiger partial charge in [0, 0.05) is 11.9 Å². The van der Waals surface area contributed by atoms with E-state index in [-0.39, 0.29) is 11.9 Å². The smallest absolute Gasteiger partial charge is 0.230 e. The number of amides is 1. The highest BCUT2D eigenvalue weighted by atomic mass is 16.5. The second kappa shape index (κ2) is 5.79. The SMILES string of the molecule is O=C([O-])[C@H]1[C@H]2C(=O)N(C(c3ccccc3)c3ccccc3)C[C@]23C=C[C@H]1O3. The number of carboxylic acid groups (broad SMARTS) is 1. The second-order valence-electron chi connectivity index (χ2n) is 7.41. The number of hydrogen-bond acceptors (Lipinski definition) is 4. The Hall–Kier alpha value is -2.92. The molecular formula is C22H18NO4-. The van der Waals surface area contributed by atoms with Gasteiger partial charge in [-0.1, -0.05) is 72.8 Å². The van der Waals surface area contributed by atoms with Crippen molar-refractivity contribution < 1.29 is 19.4 Å². The first-order chi connectivity index (χ1) is 13.1. The molecule has 4 atom stereocenters. The van der Waals surface area contributed by atoms with Crippen molar-refractivity contribution >= 4 is 11.9 Å². The highest BCUT2D eigenvalue weighted by Crippen LogP contribution is 2.53. The predicted octanol–water partition coefficient (Wildman–Crippen LogP) is 1.31. The minimum atomic E-state index is -1.22. The number of rotatable bonds is 4. The van der Waals surface area contributed by atoms with Crippen LogP contribution in [0.5, 0.6) is 0 Å². The maximum Gasteiger partial charge on any atom is 0.230 e. The van der Waals surface area contributed by atoms with E-state index in [9.17, 15) is 14.7 Å². The molecule has 0 unspecified atom stereocenters. The number of hydrogen-bond donors (Lipinski definition) is 0. The molecule has 2 fully saturated rings. The highest BCUT2D eigenvalue weighted by molar-refractivity contribution is 5.90. The van der Waals surface area contributed by atoms with Crippen molar-refractivity contribution in [1.29, 1.82) is 0 Å². The van der Waals surface area contributed by atoms with Crippen LogP contribution in [0.3, 0.4) is 0 Å². The number of carbonyl (C=O) groups excluding carboxylic acids is 2. The van der Waals surface area contributed by atoms with Crippen LogP contribution in [-0.4, -0.2) is 35.0 Å². The Morgan fingerprint density at radius 1 is 1.07 bits per heavy atom. The lowest BCUT2D eigenvalue weighted by Gasteiger charge is -2.31. The van der Waals surface area contributed by atoms with Crippen LogP contribution in [0.1, 0.15) is 17.2 Å². The normalized spacial score (nSPS) is 30.9. The van der Waals surface area contributed by atoms with E-state index in [0.29, 0.717) is 6.54 Å². The van der Waals surface area contributed by atoms with Gasteiger partial charge in [0.15, 0.2) is 0 Å². The Morgan fingerprint density at radius 2 is 1.67 bits per heavy atom. The summed E-state index contributed by atoms with van der Waals surface area (Å²) in [6, 6.07) is 19.3. The zero-order valence-electron chi connectivity index (χ0n) is 14.5. The number of aliphatic carboxylic acids is 1. The molecule has 5 heteroatoms. The summed E-state index contributed by atoms with van der Waals surface area (Å²) < 4.78 is 5.99. The fourth-order valence-electron chi connectivity index (χ4n) is 4.84. The third-order valence-corrected chi connectivity index (χ3v) is 5.94. The molecule has 27 heavy (non-hydrogen) atoms. The first-order valence-electron chi connectivity index (χ1n) is 9.09. The largest absolute Gasteiger partial charge is 0.550 e. The van der Waals surface area contributed by atoms with E-state index in [4.69, 9.17) is 4.74 Å². The summed E-state index contributed by atoms with van der Waals surface area (Å²) in [5.41, 5.74) is 1.10. The van der Waals surface area contributed by atoms with Gasteiger partial charge in [-0.3, -0.25) is 4.79 Å². The number of benzene rings is 2. The molecule has 3 aliphatic rings. The van der Waals surface area contributed by atoms with Crippen molar-refractivity contribution in [3.05, 3.63) is 83.9 Å². The van der Waals surface area contributed by atoms with Crippen molar-refractivity contribution in [3.8, 4) is 0 Å². The Kier molecular flexibility index (Phi) is 3.49. The Labute approximate surface area is 156 Å². The first-order valence-corrected chi connectivity index (χ1v) is 9.09. The van der Waals surface area contributed by atoms with Crippen molar-refractivity contribution in [2.45, 2.75) is 17.7 Å². The molecule has 0 aliphatic carbocycles. The zero-order valence-corrected chi connectivity index (χ0v) is 14.5. The van der Waals surface area contributed by atoms with Gasteiger partial charge in [-0.15, -0.1) is 0 Å². The van der Waals surface area contributed by atoms with E-state index >= 15 is 0 Å². The van der Waals surface area contributed by atoms with Crippen molar-refractivity contribution in [2.75, 3.05) is 6.54 Å². The molecule has 3 heterocycles. The molecule has 0 aromatic heterocycles. The molecule has 2 aromatic rings. The van der Waals surface area contributed by atoms with E-state index in [0.717, 1.165) is 11.1 Å². The van der Waals surface area contributed by atoms with Crippen LogP contribution in [0.4, 0.5) is 0 Å². The number of carboxylic acids is 1. The minimum Gasteiger partial charge on any atom is -0.550 e. The fraction of sp³-hybridized carbons (Fsp3) is 0.273. The number of fused-ring (bicyclic) bond motifs is 1. The Morgan fingerprint density at radius 3 is 2.22 bits per heavy atom. The summed E-state index contributed by atoms with van der Waals surface area (Å²) in [7, 11) is 0. The standard InChI is InChI=1S/C22H19NO4/c24-20-18-17(21(25)26)16-11-12-22(18,27-16)13-23(20)19(14-7-3-1-4-8-14)15-9-5-2-6-10-15/h1-12,16-19H,13H2,(H,25,26)/p-1/t16-,17-,18+,22-/m1/s1. The number of likely N-dealkylation sites (tertiary alicyclic amines) is 1. The molecule has 136 valence electrons. The Balaban J connectivity index is 1.59. The summed E-state index contributed by atoms with van der Waals surface area (Å²) in [5.74, 6) is -3.07. The first kappa shape index (κ1) is 16.3. The topological polar surface area (TPSA) is 69.7 Å². The molecule has 2 aromatic carbocycles. The second-order valence-corrected chi connectivity index (χ2v) is 7.41. The summed E-state index contributed by atoms with van der Waals surface area (Å²) >= 11 is 0. The maximum absolute atomic E-state index is 13.4. The van der Waals surface area contributed by atoms with Gasteiger partial charge < -0.3 is 19.5 Å². The molecule has 5 nitrogen and oxygen atoms in total. The van der Waals surface area contributed by atoms with Gasteiger partial charge in [-0.2, -0.15) is 0 Å². The summed E-state index contributed by atoms with van der Waals surface area (Å²) in [6.07, 6.45) is 3.05. The number of ether oxygens (including phenoxy) is 1. The molecule has 3 aliphatic heterocycles. The van der Waals surface area contributed by atoms with Gasteiger partial charge in [0.1, 0.15) is 5.60 Å². The van der Waals surface area contributed by atoms with Gasteiger partial charge in [0.2, 0.25) is 5.91 Å². The Bertz CT molecular complexity index is 886. The lowest BCUT2D eigenvalue weighted by Crippen LogP contribution is -2.45.